The first-order valence-corrected chi connectivity index (χ1v) is 8.57. The molecule has 3 rings (SSSR count). The van der Waals surface area contributed by atoms with Crippen LogP contribution in [0.5, 0.6) is 0 Å². The SMILES string of the molecule is CN1C[C@H](c2cccc(C(C)(F)F)c2)[C@@H](C(=O)Nc2ccc(F)cc2F)C1=O. The second-order valence-electron chi connectivity index (χ2n) is 6.93. The number of halogens is 4. The fraction of sp³-hybridized carbons (Fsp3) is 0.300. The minimum atomic E-state index is -3.07. The van der Waals surface area contributed by atoms with E-state index in [4.69, 9.17) is 0 Å². The molecule has 2 aromatic rings. The monoisotopic (exact) mass is 394 g/mol. The van der Waals surface area contributed by atoms with Gasteiger partial charge >= 0.3 is 0 Å². The van der Waals surface area contributed by atoms with Gasteiger partial charge in [-0.25, -0.2) is 17.6 Å². The maximum atomic E-state index is 13.8. The number of anilines is 1. The van der Waals surface area contributed by atoms with Crippen molar-refractivity contribution >= 4 is 17.5 Å². The molecule has 4 nitrogen and oxygen atoms in total. The van der Waals surface area contributed by atoms with Crippen LogP contribution < -0.4 is 5.32 Å². The summed E-state index contributed by atoms with van der Waals surface area (Å²) >= 11 is 0. The van der Waals surface area contributed by atoms with E-state index >= 15 is 0 Å². The van der Waals surface area contributed by atoms with E-state index in [0.29, 0.717) is 11.6 Å². The molecular weight excluding hydrogens is 376 g/mol. The van der Waals surface area contributed by atoms with Gasteiger partial charge in [-0.3, -0.25) is 9.59 Å². The molecule has 0 bridgehead atoms. The Bertz CT molecular complexity index is 927. The predicted octanol–water partition coefficient (Wildman–Crippen LogP) is 3.89. The number of amides is 2. The van der Waals surface area contributed by atoms with Crippen LogP contribution in [0, 0.1) is 17.6 Å². The van der Waals surface area contributed by atoms with Crippen molar-refractivity contribution in [2.75, 3.05) is 18.9 Å². The number of alkyl halides is 2. The van der Waals surface area contributed by atoms with E-state index in [1.165, 1.54) is 30.1 Å². The zero-order valence-electron chi connectivity index (χ0n) is 15.2. The third-order valence-corrected chi connectivity index (χ3v) is 4.81. The number of likely N-dealkylation sites (tertiary alicyclic amines) is 1. The van der Waals surface area contributed by atoms with E-state index in [2.05, 4.69) is 5.32 Å². The second-order valence-corrected chi connectivity index (χ2v) is 6.93. The number of nitrogens with one attached hydrogen (secondary N) is 1. The molecule has 2 amide bonds. The Morgan fingerprint density at radius 2 is 1.89 bits per heavy atom. The number of carbonyl (C=O) groups is 2. The Morgan fingerprint density at radius 1 is 1.18 bits per heavy atom. The van der Waals surface area contributed by atoms with E-state index in [1.807, 2.05) is 0 Å². The quantitative estimate of drug-likeness (QED) is 0.632. The number of hydrogen-bond donors (Lipinski definition) is 1. The van der Waals surface area contributed by atoms with Gasteiger partial charge in [0.05, 0.1) is 5.69 Å². The van der Waals surface area contributed by atoms with Crippen LogP contribution in [0.15, 0.2) is 42.5 Å². The lowest BCUT2D eigenvalue weighted by atomic mass is 9.86. The summed E-state index contributed by atoms with van der Waals surface area (Å²) in [6, 6.07) is 8.21. The molecule has 0 saturated carbocycles. The first-order chi connectivity index (χ1) is 13.1. The van der Waals surface area contributed by atoms with E-state index in [9.17, 15) is 27.2 Å². The number of likely N-dealkylation sites (N-methyl/N-ethyl adjacent to an activating group) is 1. The van der Waals surface area contributed by atoms with Gasteiger partial charge in [0.2, 0.25) is 11.8 Å². The summed E-state index contributed by atoms with van der Waals surface area (Å²) in [5, 5.41) is 2.30. The maximum Gasteiger partial charge on any atom is 0.270 e. The Hall–Kier alpha value is -2.90. The molecule has 1 N–H and O–H groups in total. The Labute approximate surface area is 159 Å². The van der Waals surface area contributed by atoms with E-state index in [1.54, 1.807) is 6.07 Å². The molecule has 1 heterocycles. The van der Waals surface area contributed by atoms with Gasteiger partial charge in [-0.15, -0.1) is 0 Å². The molecule has 148 valence electrons. The number of rotatable bonds is 4. The standard InChI is InChI=1S/C20H18F4N2O2/c1-20(23,24)12-5-3-4-11(8-12)14-10-26(2)19(28)17(14)18(27)25-16-7-6-13(21)9-15(16)22/h3-9,14,17H,10H2,1-2H3,(H,25,27)/t14-,17+/m1/s1. The van der Waals surface area contributed by atoms with Gasteiger partial charge in [-0.1, -0.05) is 18.2 Å². The molecule has 0 unspecified atom stereocenters. The number of hydrogen-bond acceptors (Lipinski definition) is 2. The summed E-state index contributed by atoms with van der Waals surface area (Å²) in [5.41, 5.74) is -0.0754. The summed E-state index contributed by atoms with van der Waals surface area (Å²) < 4.78 is 54.2. The number of benzene rings is 2. The van der Waals surface area contributed by atoms with Crippen molar-refractivity contribution in [3.05, 3.63) is 65.2 Å². The molecule has 1 aliphatic rings. The van der Waals surface area contributed by atoms with Crippen molar-refractivity contribution in [3.63, 3.8) is 0 Å². The van der Waals surface area contributed by atoms with Gasteiger partial charge in [-0.05, 0) is 23.8 Å². The molecule has 1 fully saturated rings. The van der Waals surface area contributed by atoms with Crippen molar-refractivity contribution in [2.45, 2.75) is 18.8 Å². The fourth-order valence-electron chi connectivity index (χ4n) is 3.34. The van der Waals surface area contributed by atoms with Crippen molar-refractivity contribution < 1.29 is 27.2 Å². The molecule has 8 heteroatoms. The molecule has 2 aromatic carbocycles. The minimum absolute atomic E-state index is 0.154. The lowest BCUT2D eigenvalue weighted by Crippen LogP contribution is -2.33. The van der Waals surface area contributed by atoms with E-state index in [-0.39, 0.29) is 17.8 Å². The lowest BCUT2D eigenvalue weighted by molar-refractivity contribution is -0.135. The van der Waals surface area contributed by atoms with Gasteiger partial charge in [0.15, 0.2) is 0 Å². The highest BCUT2D eigenvalue weighted by Crippen LogP contribution is 2.36. The Morgan fingerprint density at radius 3 is 2.54 bits per heavy atom. The minimum Gasteiger partial charge on any atom is -0.344 e. The van der Waals surface area contributed by atoms with Crippen LogP contribution in [0.4, 0.5) is 23.2 Å². The first kappa shape index (κ1) is 19.9. The van der Waals surface area contributed by atoms with Crippen LogP contribution in [0.2, 0.25) is 0 Å². The van der Waals surface area contributed by atoms with Gasteiger partial charge in [0.25, 0.3) is 5.92 Å². The summed E-state index contributed by atoms with van der Waals surface area (Å²) in [5.74, 6) is -8.02. The maximum absolute atomic E-state index is 13.8. The van der Waals surface area contributed by atoms with Gasteiger partial charge in [0, 0.05) is 38.1 Å². The molecular formula is C20H18F4N2O2. The first-order valence-electron chi connectivity index (χ1n) is 8.57. The second kappa shape index (κ2) is 7.26. The summed E-state index contributed by atoms with van der Waals surface area (Å²) in [6.45, 7) is 0.918. The van der Waals surface area contributed by atoms with Crippen LogP contribution in [0.1, 0.15) is 24.0 Å². The van der Waals surface area contributed by atoms with Crippen LogP contribution in [0.3, 0.4) is 0 Å². The average molecular weight is 394 g/mol. The number of nitrogens with zero attached hydrogens (tertiary/aromatic N) is 1. The molecule has 0 spiro atoms. The third kappa shape index (κ3) is 3.85. The van der Waals surface area contributed by atoms with Crippen molar-refractivity contribution in [3.8, 4) is 0 Å². The summed E-state index contributed by atoms with van der Waals surface area (Å²) in [6.07, 6.45) is 0. The Kier molecular flexibility index (Phi) is 5.14. The molecule has 0 aliphatic carbocycles. The third-order valence-electron chi connectivity index (χ3n) is 4.81. The Balaban J connectivity index is 1.91. The number of carbonyl (C=O) groups excluding carboxylic acids is 2. The highest BCUT2D eigenvalue weighted by molar-refractivity contribution is 6.08. The molecule has 1 aliphatic heterocycles. The zero-order chi connectivity index (χ0) is 20.6. The van der Waals surface area contributed by atoms with Crippen molar-refractivity contribution in [2.24, 2.45) is 5.92 Å². The van der Waals surface area contributed by atoms with Gasteiger partial charge in [-0.2, -0.15) is 0 Å². The molecule has 1 saturated heterocycles. The zero-order valence-corrected chi connectivity index (χ0v) is 15.2. The van der Waals surface area contributed by atoms with Gasteiger partial charge in [0.1, 0.15) is 17.6 Å². The molecule has 0 radical (unpaired) electrons. The van der Waals surface area contributed by atoms with Crippen LogP contribution in [-0.4, -0.2) is 30.3 Å². The van der Waals surface area contributed by atoms with Crippen molar-refractivity contribution in [1.82, 2.24) is 4.90 Å². The summed E-state index contributed by atoms with van der Waals surface area (Å²) in [4.78, 5) is 26.5. The topological polar surface area (TPSA) is 49.4 Å². The largest absolute Gasteiger partial charge is 0.344 e. The van der Waals surface area contributed by atoms with E-state index < -0.39 is 41.2 Å². The fourth-order valence-corrected chi connectivity index (χ4v) is 3.34. The average Bonchev–Trinajstić information content (AvgIpc) is 2.92. The van der Waals surface area contributed by atoms with E-state index in [0.717, 1.165) is 19.1 Å². The highest BCUT2D eigenvalue weighted by Gasteiger charge is 2.44. The smallest absolute Gasteiger partial charge is 0.270 e. The molecule has 2 atom stereocenters. The van der Waals surface area contributed by atoms with Crippen molar-refractivity contribution in [1.29, 1.82) is 0 Å². The highest BCUT2D eigenvalue weighted by atomic mass is 19.3. The normalized spacial score (nSPS) is 19.8. The summed E-state index contributed by atoms with van der Waals surface area (Å²) in [7, 11) is 1.50. The van der Waals surface area contributed by atoms with Gasteiger partial charge < -0.3 is 10.2 Å². The molecule has 28 heavy (non-hydrogen) atoms. The predicted molar refractivity (Wildman–Crippen MR) is 94.9 cm³/mol. The lowest BCUT2D eigenvalue weighted by Gasteiger charge is -2.19. The van der Waals surface area contributed by atoms with Crippen LogP contribution >= 0.6 is 0 Å². The molecule has 0 aromatic heterocycles. The van der Waals surface area contributed by atoms with Crippen LogP contribution in [0.25, 0.3) is 0 Å². The van der Waals surface area contributed by atoms with Crippen LogP contribution in [-0.2, 0) is 15.5 Å².